The summed E-state index contributed by atoms with van der Waals surface area (Å²) in [7, 11) is 1.13. The summed E-state index contributed by atoms with van der Waals surface area (Å²) >= 11 is 0. The van der Waals surface area contributed by atoms with E-state index in [1.165, 1.54) is 12.3 Å². The number of nitrogens with one attached hydrogen (secondary N) is 1. The second-order valence-electron chi connectivity index (χ2n) is 9.13. The fourth-order valence-electron chi connectivity index (χ4n) is 4.92. The molecule has 1 aliphatic carbocycles. The third-order valence-electron chi connectivity index (χ3n) is 6.36. The van der Waals surface area contributed by atoms with E-state index in [2.05, 4.69) is 10.3 Å². The minimum absolute atomic E-state index is 0.112. The Balaban J connectivity index is 1.99. The van der Waals surface area contributed by atoms with Gasteiger partial charge in [0.2, 0.25) is 0 Å². The number of fused-ring (bicyclic) bond motifs is 5. The third kappa shape index (κ3) is 3.45. The molecule has 0 saturated heterocycles. The maximum absolute atomic E-state index is 13.1. The molecule has 2 aliphatic rings. The van der Waals surface area contributed by atoms with E-state index in [1.807, 2.05) is 20.8 Å². The Morgan fingerprint density at radius 1 is 1.34 bits per heavy atom. The normalized spacial score (nSPS) is 23.0. The lowest BCUT2D eigenvalue weighted by atomic mass is 9.60. The van der Waals surface area contributed by atoms with Crippen LogP contribution >= 0.6 is 0 Å². The summed E-state index contributed by atoms with van der Waals surface area (Å²) in [4.78, 5) is 29.2. The SMILES string of the molecule is COC(=O)C1=C(O)C2C(NC1=O)c1cc(OC(F)F)c3ncccc3c1CC2C(C)(C)C. The van der Waals surface area contributed by atoms with Crippen LogP contribution in [0, 0.1) is 17.3 Å². The number of aliphatic hydroxyl groups is 1. The Bertz CT molecular complexity index is 1140. The number of rotatable bonds is 3. The van der Waals surface area contributed by atoms with Crippen LogP contribution in [0.5, 0.6) is 5.75 Å². The van der Waals surface area contributed by atoms with Gasteiger partial charge in [-0.2, -0.15) is 8.78 Å². The fraction of sp³-hybridized carbons (Fsp3) is 0.435. The number of nitrogens with zero attached hydrogens (tertiary/aromatic N) is 1. The molecule has 2 heterocycles. The molecule has 7 nitrogen and oxygen atoms in total. The van der Waals surface area contributed by atoms with E-state index < -0.39 is 36.0 Å². The van der Waals surface area contributed by atoms with Crippen molar-refractivity contribution in [1.29, 1.82) is 0 Å². The lowest BCUT2D eigenvalue weighted by Crippen LogP contribution is -2.50. The molecule has 0 spiro atoms. The van der Waals surface area contributed by atoms with Crippen LogP contribution < -0.4 is 10.1 Å². The van der Waals surface area contributed by atoms with Gasteiger partial charge in [0.15, 0.2) is 11.3 Å². The number of hydrogen-bond donors (Lipinski definition) is 2. The monoisotopic (exact) mass is 446 g/mol. The quantitative estimate of drug-likeness (QED) is 0.550. The van der Waals surface area contributed by atoms with E-state index in [0.29, 0.717) is 22.9 Å². The summed E-state index contributed by atoms with van der Waals surface area (Å²) in [5.74, 6) is -3.01. The lowest BCUT2D eigenvalue weighted by Gasteiger charge is -2.47. The van der Waals surface area contributed by atoms with Gasteiger partial charge in [0, 0.05) is 17.5 Å². The van der Waals surface area contributed by atoms with Gasteiger partial charge in [-0.25, -0.2) is 4.79 Å². The van der Waals surface area contributed by atoms with Crippen molar-refractivity contribution in [1.82, 2.24) is 10.3 Å². The highest BCUT2D eigenvalue weighted by molar-refractivity contribution is 6.17. The Hall–Kier alpha value is -3.23. The van der Waals surface area contributed by atoms with Crippen LogP contribution in [0.3, 0.4) is 0 Å². The van der Waals surface area contributed by atoms with Crippen LogP contribution in [0.15, 0.2) is 35.7 Å². The molecule has 4 rings (SSSR count). The number of pyridine rings is 1. The highest BCUT2D eigenvalue weighted by Crippen LogP contribution is 2.52. The van der Waals surface area contributed by atoms with Crippen molar-refractivity contribution in [3.05, 3.63) is 46.9 Å². The molecule has 9 heteroatoms. The topological polar surface area (TPSA) is 97.8 Å². The van der Waals surface area contributed by atoms with Gasteiger partial charge in [-0.15, -0.1) is 0 Å². The number of methoxy groups -OCH3 is 1. The second-order valence-corrected chi connectivity index (χ2v) is 9.13. The number of alkyl halides is 2. The highest BCUT2D eigenvalue weighted by Gasteiger charge is 2.50. The van der Waals surface area contributed by atoms with Crippen LogP contribution in [-0.4, -0.2) is 35.7 Å². The second kappa shape index (κ2) is 7.72. The van der Waals surface area contributed by atoms with Crippen molar-refractivity contribution in [2.24, 2.45) is 17.3 Å². The Morgan fingerprint density at radius 3 is 2.69 bits per heavy atom. The molecule has 32 heavy (non-hydrogen) atoms. The van der Waals surface area contributed by atoms with Crippen molar-refractivity contribution in [2.45, 2.75) is 39.8 Å². The maximum atomic E-state index is 13.1. The minimum atomic E-state index is -3.06. The lowest BCUT2D eigenvalue weighted by molar-refractivity contribution is -0.139. The molecule has 170 valence electrons. The van der Waals surface area contributed by atoms with Crippen molar-refractivity contribution in [3.8, 4) is 5.75 Å². The van der Waals surface area contributed by atoms with Crippen LogP contribution in [0.1, 0.15) is 37.9 Å². The molecule has 1 aliphatic heterocycles. The summed E-state index contributed by atoms with van der Waals surface area (Å²) in [5.41, 5.74) is 0.929. The molecule has 1 aromatic carbocycles. The van der Waals surface area contributed by atoms with Gasteiger partial charge in [0.1, 0.15) is 11.3 Å². The number of halogens is 2. The van der Waals surface area contributed by atoms with Gasteiger partial charge in [-0.1, -0.05) is 26.8 Å². The number of hydrogen-bond acceptors (Lipinski definition) is 6. The zero-order valence-electron chi connectivity index (χ0n) is 18.1. The molecule has 0 bridgehead atoms. The number of carbonyl (C=O) groups excluding carboxylic acids is 2. The zero-order chi connectivity index (χ0) is 23.4. The van der Waals surface area contributed by atoms with Crippen LogP contribution in [0.25, 0.3) is 10.9 Å². The predicted octanol–water partition coefficient (Wildman–Crippen LogP) is 3.83. The number of esters is 1. The molecule has 3 atom stereocenters. The van der Waals surface area contributed by atoms with E-state index in [-0.39, 0.29) is 22.8 Å². The first-order valence-corrected chi connectivity index (χ1v) is 10.2. The number of carbonyl (C=O) groups is 2. The Labute approximate surface area is 183 Å². The van der Waals surface area contributed by atoms with Crippen LogP contribution in [-0.2, 0) is 20.7 Å². The fourth-order valence-corrected chi connectivity index (χ4v) is 4.92. The molecule has 1 amide bonds. The first-order valence-electron chi connectivity index (χ1n) is 10.2. The largest absolute Gasteiger partial charge is 0.511 e. The van der Waals surface area contributed by atoms with E-state index in [1.54, 1.807) is 12.1 Å². The van der Waals surface area contributed by atoms with Crippen molar-refractivity contribution >= 4 is 22.8 Å². The van der Waals surface area contributed by atoms with Crippen molar-refractivity contribution in [2.75, 3.05) is 7.11 Å². The van der Waals surface area contributed by atoms with Gasteiger partial charge in [-0.05, 0) is 41.0 Å². The van der Waals surface area contributed by atoms with Gasteiger partial charge in [-0.3, -0.25) is 9.78 Å². The van der Waals surface area contributed by atoms with Gasteiger partial charge in [0.05, 0.1) is 13.2 Å². The first kappa shape index (κ1) is 22.0. The number of benzene rings is 1. The van der Waals surface area contributed by atoms with E-state index in [9.17, 15) is 23.5 Å². The average Bonchev–Trinajstić information content (AvgIpc) is 2.72. The van der Waals surface area contributed by atoms with Crippen molar-refractivity contribution < 1.29 is 33.0 Å². The van der Waals surface area contributed by atoms with Crippen LogP contribution in [0.2, 0.25) is 0 Å². The number of aliphatic hydroxyl groups excluding tert-OH is 1. The number of amides is 1. The van der Waals surface area contributed by atoms with E-state index in [4.69, 9.17) is 9.47 Å². The summed E-state index contributed by atoms with van der Waals surface area (Å²) < 4.78 is 35.7. The van der Waals surface area contributed by atoms with E-state index in [0.717, 1.165) is 12.7 Å². The molecule has 0 saturated carbocycles. The minimum Gasteiger partial charge on any atom is -0.511 e. The summed E-state index contributed by atoms with van der Waals surface area (Å²) in [6.45, 7) is 2.97. The molecule has 2 aromatic rings. The predicted molar refractivity (Wildman–Crippen MR) is 111 cm³/mol. The summed E-state index contributed by atoms with van der Waals surface area (Å²) in [6, 6.07) is 4.19. The maximum Gasteiger partial charge on any atom is 0.387 e. The summed E-state index contributed by atoms with van der Waals surface area (Å²) in [5, 5.41) is 14.5. The standard InChI is InChI=1S/C23H24F2N2O5/c1-23(2,3)13-8-11-10-6-5-7-26-17(10)14(32-22(24)25)9-12(11)18-15(13)19(28)16(20(29)27-18)21(30)31-4/h5-7,9,13,15,18,22,28H,8H2,1-4H3,(H,27,29). The highest BCUT2D eigenvalue weighted by atomic mass is 19.3. The zero-order valence-corrected chi connectivity index (χ0v) is 18.1. The number of aromatic nitrogens is 1. The molecule has 0 radical (unpaired) electrons. The first-order chi connectivity index (χ1) is 15.0. The number of ether oxygens (including phenoxy) is 2. The third-order valence-corrected chi connectivity index (χ3v) is 6.36. The summed E-state index contributed by atoms with van der Waals surface area (Å²) in [6.07, 6.45) is 1.98. The molecular weight excluding hydrogens is 422 g/mol. The molecule has 0 fully saturated rings. The molecule has 2 N–H and O–H groups in total. The molecular formula is C23H24F2N2O5. The van der Waals surface area contributed by atoms with Gasteiger partial charge in [0.25, 0.3) is 5.91 Å². The molecule has 1 aromatic heterocycles. The van der Waals surface area contributed by atoms with Crippen molar-refractivity contribution in [3.63, 3.8) is 0 Å². The average molecular weight is 446 g/mol. The Kier molecular flexibility index (Phi) is 5.30. The van der Waals surface area contributed by atoms with Gasteiger partial charge < -0.3 is 19.9 Å². The molecule has 3 unspecified atom stereocenters. The Morgan fingerprint density at radius 2 is 2.06 bits per heavy atom. The smallest absolute Gasteiger partial charge is 0.387 e. The van der Waals surface area contributed by atoms with E-state index >= 15 is 0 Å². The van der Waals surface area contributed by atoms with Gasteiger partial charge >= 0.3 is 12.6 Å². The van der Waals surface area contributed by atoms with Crippen LogP contribution in [0.4, 0.5) is 8.78 Å².